The molecule has 1 fully saturated rings. The fourth-order valence-electron chi connectivity index (χ4n) is 1.58. The Labute approximate surface area is 112 Å². The molecule has 1 aliphatic rings. The third-order valence-electron chi connectivity index (χ3n) is 2.73. The van der Waals surface area contributed by atoms with Crippen LogP contribution in [0.15, 0.2) is 4.99 Å². The predicted octanol–water partition coefficient (Wildman–Crippen LogP) is -0.454. The second kappa shape index (κ2) is 7.17. The summed E-state index contributed by atoms with van der Waals surface area (Å²) in [6.07, 6.45) is 1.38. The maximum Gasteiger partial charge on any atom is 0.244 e. The Balaban J connectivity index is 2.44. The maximum atomic E-state index is 11.5. The summed E-state index contributed by atoms with van der Waals surface area (Å²) in [5.74, 6) is -1.72. The van der Waals surface area contributed by atoms with Crippen LogP contribution < -0.4 is 10.6 Å². The van der Waals surface area contributed by atoms with Crippen LogP contribution in [0.5, 0.6) is 0 Å². The molecule has 0 aromatic rings. The van der Waals surface area contributed by atoms with Gasteiger partial charge in [-0.1, -0.05) is 13.8 Å². The average Bonchev–Trinajstić information content (AvgIpc) is 2.32. The molecular weight excluding hydrogens is 252 g/mol. The summed E-state index contributed by atoms with van der Waals surface area (Å²) in [5.41, 5.74) is 0. The molecule has 1 saturated heterocycles. The summed E-state index contributed by atoms with van der Waals surface area (Å²) in [6, 6.07) is 0. The zero-order valence-corrected chi connectivity index (χ0v) is 11.4. The van der Waals surface area contributed by atoms with Crippen molar-refractivity contribution in [2.24, 2.45) is 10.9 Å². The van der Waals surface area contributed by atoms with Gasteiger partial charge >= 0.3 is 0 Å². The van der Waals surface area contributed by atoms with Gasteiger partial charge in [-0.25, -0.2) is 0 Å². The molecule has 0 spiro atoms. The zero-order chi connectivity index (χ0) is 13.5. The van der Waals surface area contributed by atoms with Crippen LogP contribution in [0.25, 0.3) is 0 Å². The Hall–Kier alpha value is -1.34. The van der Waals surface area contributed by atoms with E-state index in [2.05, 4.69) is 34.4 Å². The van der Waals surface area contributed by atoms with Gasteiger partial charge in [-0.3, -0.25) is 14.6 Å². The van der Waals surface area contributed by atoms with Gasteiger partial charge in [0.2, 0.25) is 11.8 Å². The fraction of sp³-hybridized carbons (Fsp3) is 0.636. The Morgan fingerprint density at radius 3 is 2.33 bits per heavy atom. The largest absolute Gasteiger partial charge is 0.302 e. The first-order chi connectivity index (χ1) is 8.58. The predicted molar refractivity (Wildman–Crippen MR) is 73.5 cm³/mol. The van der Waals surface area contributed by atoms with Gasteiger partial charge in [-0.2, -0.15) is 0 Å². The molecule has 0 bridgehead atoms. The molecule has 100 valence electrons. The maximum absolute atomic E-state index is 11.5. The molecular formula is C11H18N4O2S. The van der Waals surface area contributed by atoms with E-state index in [1.165, 1.54) is 6.21 Å². The number of nitrogens with one attached hydrogen (secondary N) is 2. The van der Waals surface area contributed by atoms with Crippen molar-refractivity contribution in [2.45, 2.75) is 13.8 Å². The van der Waals surface area contributed by atoms with Crippen molar-refractivity contribution in [3.05, 3.63) is 0 Å². The van der Waals surface area contributed by atoms with E-state index in [0.717, 1.165) is 19.6 Å². The summed E-state index contributed by atoms with van der Waals surface area (Å²) >= 11 is 4.70. The molecule has 7 heteroatoms. The third-order valence-corrected chi connectivity index (χ3v) is 2.94. The number of amides is 2. The second-order valence-corrected chi connectivity index (χ2v) is 4.28. The Bertz CT molecular complexity index is 346. The van der Waals surface area contributed by atoms with Crippen molar-refractivity contribution in [1.29, 1.82) is 0 Å². The summed E-state index contributed by atoms with van der Waals surface area (Å²) < 4.78 is 0. The Morgan fingerprint density at radius 1 is 1.28 bits per heavy atom. The normalized spacial score (nSPS) is 17.4. The summed E-state index contributed by atoms with van der Waals surface area (Å²) in [5, 5.41) is 4.83. The number of carbonyl (C=O) groups is 2. The number of nitrogens with zero attached hydrogens (tertiary/aromatic N) is 2. The van der Waals surface area contributed by atoms with E-state index in [9.17, 15) is 9.59 Å². The number of hydrogen-bond donors (Lipinski definition) is 2. The molecule has 1 aliphatic heterocycles. The van der Waals surface area contributed by atoms with Crippen molar-refractivity contribution >= 4 is 35.4 Å². The molecule has 6 nitrogen and oxygen atoms in total. The van der Waals surface area contributed by atoms with Gasteiger partial charge in [0.15, 0.2) is 11.0 Å². The van der Waals surface area contributed by atoms with Crippen molar-refractivity contribution < 1.29 is 9.59 Å². The van der Waals surface area contributed by atoms with E-state index in [-0.39, 0.29) is 5.11 Å². The lowest BCUT2D eigenvalue weighted by atomic mass is 10.1. The Morgan fingerprint density at radius 2 is 1.83 bits per heavy atom. The summed E-state index contributed by atoms with van der Waals surface area (Å²) in [6.45, 7) is 7.48. The van der Waals surface area contributed by atoms with Crippen LogP contribution in [0.3, 0.4) is 0 Å². The molecule has 1 heterocycles. The van der Waals surface area contributed by atoms with E-state index in [1.54, 1.807) is 0 Å². The monoisotopic (exact) mass is 270 g/mol. The topological polar surface area (TPSA) is 73.8 Å². The molecule has 0 aromatic carbocycles. The van der Waals surface area contributed by atoms with Crippen molar-refractivity contribution in [1.82, 2.24) is 15.5 Å². The lowest BCUT2D eigenvalue weighted by Crippen LogP contribution is -2.56. The standard InChI is InChI=1S/C11H18N4O2S/c1-3-15(4-2)6-5-12-7-8-9(16)13-11(18)14-10(8)17/h7-8H,3-6H2,1-2H3,(H2,13,14,16,17,18). The van der Waals surface area contributed by atoms with E-state index in [1.807, 2.05) is 0 Å². The van der Waals surface area contributed by atoms with Gasteiger partial charge in [-0.15, -0.1) is 0 Å². The van der Waals surface area contributed by atoms with Gasteiger partial charge in [0, 0.05) is 12.8 Å². The number of likely N-dealkylation sites (N-methyl/N-ethyl adjacent to an activating group) is 1. The highest BCUT2D eigenvalue weighted by molar-refractivity contribution is 7.80. The van der Waals surface area contributed by atoms with Gasteiger partial charge in [0.25, 0.3) is 0 Å². The van der Waals surface area contributed by atoms with Gasteiger partial charge in [-0.05, 0) is 25.3 Å². The van der Waals surface area contributed by atoms with Crippen molar-refractivity contribution in [2.75, 3.05) is 26.2 Å². The van der Waals surface area contributed by atoms with Crippen LogP contribution in [0.2, 0.25) is 0 Å². The SMILES string of the molecule is CCN(CC)CCN=CC1C(=O)NC(=S)NC1=O. The molecule has 0 radical (unpaired) electrons. The fourth-order valence-corrected chi connectivity index (χ4v) is 1.79. The average molecular weight is 270 g/mol. The highest BCUT2D eigenvalue weighted by atomic mass is 32.1. The molecule has 18 heavy (non-hydrogen) atoms. The first-order valence-electron chi connectivity index (χ1n) is 5.96. The molecule has 0 saturated carbocycles. The Kier molecular flexibility index (Phi) is 5.87. The minimum Gasteiger partial charge on any atom is -0.302 e. The lowest BCUT2D eigenvalue weighted by molar-refractivity contribution is -0.131. The first kappa shape index (κ1) is 14.7. The van der Waals surface area contributed by atoms with E-state index < -0.39 is 17.7 Å². The van der Waals surface area contributed by atoms with Crippen LogP contribution in [0.4, 0.5) is 0 Å². The van der Waals surface area contributed by atoms with Crippen LogP contribution in [-0.2, 0) is 9.59 Å². The van der Waals surface area contributed by atoms with Crippen LogP contribution in [0.1, 0.15) is 13.8 Å². The third kappa shape index (κ3) is 4.15. The summed E-state index contributed by atoms with van der Waals surface area (Å²) in [4.78, 5) is 29.3. The number of rotatable bonds is 6. The van der Waals surface area contributed by atoms with Crippen LogP contribution >= 0.6 is 12.2 Å². The molecule has 0 atom stereocenters. The smallest absolute Gasteiger partial charge is 0.244 e. The van der Waals surface area contributed by atoms with Crippen LogP contribution in [0, 0.1) is 5.92 Å². The molecule has 0 unspecified atom stereocenters. The quantitative estimate of drug-likeness (QED) is 0.389. The lowest BCUT2D eigenvalue weighted by Gasteiger charge is -2.19. The van der Waals surface area contributed by atoms with Gasteiger partial charge < -0.3 is 15.5 Å². The molecule has 0 aliphatic carbocycles. The van der Waals surface area contributed by atoms with Crippen molar-refractivity contribution in [3.63, 3.8) is 0 Å². The zero-order valence-electron chi connectivity index (χ0n) is 10.6. The van der Waals surface area contributed by atoms with E-state index in [4.69, 9.17) is 12.2 Å². The van der Waals surface area contributed by atoms with E-state index >= 15 is 0 Å². The molecule has 1 rings (SSSR count). The number of thiocarbonyl (C=S) groups is 1. The van der Waals surface area contributed by atoms with Crippen LogP contribution in [-0.4, -0.2) is 54.2 Å². The van der Waals surface area contributed by atoms with Gasteiger partial charge in [0.05, 0.1) is 6.54 Å². The van der Waals surface area contributed by atoms with E-state index in [0.29, 0.717) is 6.54 Å². The van der Waals surface area contributed by atoms with Gasteiger partial charge in [0.1, 0.15) is 0 Å². The minimum absolute atomic E-state index is 0.0535. The number of carbonyl (C=O) groups excluding carboxylic acids is 2. The highest BCUT2D eigenvalue weighted by Crippen LogP contribution is 1.99. The second-order valence-electron chi connectivity index (χ2n) is 3.87. The van der Waals surface area contributed by atoms with Crippen molar-refractivity contribution in [3.8, 4) is 0 Å². The molecule has 0 aromatic heterocycles. The number of hydrogen-bond acceptors (Lipinski definition) is 5. The highest BCUT2D eigenvalue weighted by Gasteiger charge is 2.30. The summed E-state index contributed by atoms with van der Waals surface area (Å²) in [7, 11) is 0. The number of aliphatic imine (C=N–C) groups is 1. The molecule has 2 amide bonds. The minimum atomic E-state index is -0.881. The molecule has 2 N–H and O–H groups in total. The first-order valence-corrected chi connectivity index (χ1v) is 6.37.